The summed E-state index contributed by atoms with van der Waals surface area (Å²) in [5.41, 5.74) is 2.38. The first kappa shape index (κ1) is 21.4. The molecule has 0 radical (unpaired) electrons. The molecule has 4 rings (SSSR count). The molecule has 31 heavy (non-hydrogen) atoms. The number of hydrogen-bond acceptors (Lipinski definition) is 4. The van der Waals surface area contributed by atoms with Crippen LogP contribution in [0.4, 0.5) is 24.5 Å². The minimum absolute atomic E-state index is 0.215. The highest BCUT2D eigenvalue weighted by molar-refractivity contribution is 5.93. The van der Waals surface area contributed by atoms with E-state index in [2.05, 4.69) is 46.3 Å². The molecular formula is C24H27F3N4. The first-order chi connectivity index (χ1) is 14.8. The summed E-state index contributed by atoms with van der Waals surface area (Å²) in [7, 11) is 4.20. The van der Waals surface area contributed by atoms with Crippen LogP contribution < -0.4 is 10.2 Å². The third-order valence-electron chi connectivity index (χ3n) is 6.12. The van der Waals surface area contributed by atoms with Crippen LogP contribution in [0.15, 0.2) is 48.7 Å². The fourth-order valence-corrected chi connectivity index (χ4v) is 4.24. The van der Waals surface area contributed by atoms with Crippen molar-refractivity contribution in [3.05, 3.63) is 65.6 Å². The summed E-state index contributed by atoms with van der Waals surface area (Å²) >= 11 is 0. The lowest BCUT2D eigenvalue weighted by molar-refractivity contribution is 0.146. The second kappa shape index (κ2) is 8.75. The van der Waals surface area contributed by atoms with Crippen LogP contribution >= 0.6 is 0 Å². The van der Waals surface area contributed by atoms with Crippen molar-refractivity contribution in [1.82, 2.24) is 9.88 Å². The Morgan fingerprint density at radius 2 is 1.90 bits per heavy atom. The first-order valence-electron chi connectivity index (χ1n) is 10.5. The van der Waals surface area contributed by atoms with E-state index in [9.17, 15) is 13.2 Å². The number of aromatic nitrogens is 1. The molecule has 0 bridgehead atoms. The van der Waals surface area contributed by atoms with Crippen LogP contribution in [0, 0.1) is 5.82 Å². The average molecular weight is 429 g/mol. The number of hydrogen-bond donors (Lipinski definition) is 1. The molecule has 7 heteroatoms. The molecule has 1 aliphatic heterocycles. The number of rotatable bonds is 6. The van der Waals surface area contributed by atoms with E-state index in [1.165, 1.54) is 6.07 Å². The fraction of sp³-hybridized carbons (Fsp3) is 0.375. The molecule has 1 aromatic heterocycles. The third-order valence-corrected chi connectivity index (χ3v) is 6.12. The van der Waals surface area contributed by atoms with Crippen molar-refractivity contribution in [2.24, 2.45) is 0 Å². The van der Waals surface area contributed by atoms with Crippen LogP contribution in [0.3, 0.4) is 0 Å². The van der Waals surface area contributed by atoms with Gasteiger partial charge in [-0.05, 0) is 51.7 Å². The maximum atomic E-state index is 14.6. The maximum Gasteiger partial charge on any atom is 0.266 e. The van der Waals surface area contributed by atoms with E-state index in [0.717, 1.165) is 47.9 Å². The zero-order chi connectivity index (χ0) is 22.1. The predicted molar refractivity (Wildman–Crippen MR) is 119 cm³/mol. The van der Waals surface area contributed by atoms with Crippen molar-refractivity contribution >= 4 is 22.3 Å². The molecule has 0 saturated carbocycles. The van der Waals surface area contributed by atoms with Gasteiger partial charge in [0.1, 0.15) is 5.82 Å². The molecule has 164 valence electrons. The molecule has 0 aliphatic carbocycles. The monoisotopic (exact) mass is 428 g/mol. The number of nitrogens with one attached hydrogen (secondary N) is 1. The van der Waals surface area contributed by atoms with E-state index in [-0.39, 0.29) is 5.56 Å². The number of alkyl halides is 2. The number of likely N-dealkylation sites (N-methyl/N-ethyl adjacent to an activating group) is 1. The van der Waals surface area contributed by atoms with E-state index >= 15 is 0 Å². The molecule has 4 nitrogen and oxygen atoms in total. The highest BCUT2D eigenvalue weighted by Gasteiger charge is 2.24. The van der Waals surface area contributed by atoms with Crippen molar-refractivity contribution in [2.75, 3.05) is 37.4 Å². The topological polar surface area (TPSA) is 31.4 Å². The SMILES string of the molecule is C[C@@H](Nc1ccnc2ccc(N3CC[C@@H](N(C)C)C3)cc12)c1cccc(C(F)F)c1F. The Bertz CT molecular complexity index is 1070. The molecule has 3 aromatic rings. The van der Waals surface area contributed by atoms with E-state index in [4.69, 9.17) is 0 Å². The quantitative estimate of drug-likeness (QED) is 0.552. The van der Waals surface area contributed by atoms with Gasteiger partial charge in [0.2, 0.25) is 0 Å². The van der Waals surface area contributed by atoms with Crippen molar-refractivity contribution in [2.45, 2.75) is 31.9 Å². The third kappa shape index (κ3) is 4.32. The number of fused-ring (bicyclic) bond motifs is 1. The van der Waals surface area contributed by atoms with Crippen LogP contribution in [0.2, 0.25) is 0 Å². The zero-order valence-corrected chi connectivity index (χ0v) is 17.9. The van der Waals surface area contributed by atoms with Gasteiger partial charge in [-0.1, -0.05) is 18.2 Å². The lowest BCUT2D eigenvalue weighted by Crippen LogP contribution is -2.31. The van der Waals surface area contributed by atoms with E-state index in [1.807, 2.05) is 12.1 Å². The van der Waals surface area contributed by atoms with Gasteiger partial charge >= 0.3 is 0 Å². The molecule has 1 N–H and O–H groups in total. The lowest BCUT2D eigenvalue weighted by atomic mass is 10.0. The highest BCUT2D eigenvalue weighted by Crippen LogP contribution is 2.33. The molecule has 2 heterocycles. The van der Waals surface area contributed by atoms with Gasteiger partial charge in [0, 0.05) is 47.7 Å². The Hall–Kier alpha value is -2.80. The van der Waals surface area contributed by atoms with Crippen LogP contribution in [0.5, 0.6) is 0 Å². The van der Waals surface area contributed by atoms with Crippen molar-refractivity contribution in [3.63, 3.8) is 0 Å². The van der Waals surface area contributed by atoms with Crippen LogP contribution in [0.1, 0.15) is 36.9 Å². The normalized spacial score (nSPS) is 17.7. The van der Waals surface area contributed by atoms with Crippen molar-refractivity contribution in [1.29, 1.82) is 0 Å². The maximum absolute atomic E-state index is 14.6. The average Bonchev–Trinajstić information content (AvgIpc) is 3.24. The number of anilines is 2. The van der Waals surface area contributed by atoms with E-state index < -0.39 is 23.8 Å². The summed E-state index contributed by atoms with van der Waals surface area (Å²) in [5.74, 6) is -0.858. The summed E-state index contributed by atoms with van der Waals surface area (Å²) < 4.78 is 40.8. The Balaban J connectivity index is 1.63. The van der Waals surface area contributed by atoms with Gasteiger partial charge in [0.15, 0.2) is 0 Å². The Morgan fingerprint density at radius 3 is 2.61 bits per heavy atom. The molecule has 1 aliphatic rings. The molecular weight excluding hydrogens is 401 g/mol. The summed E-state index contributed by atoms with van der Waals surface area (Å²) in [6.45, 7) is 3.72. The number of nitrogens with zero attached hydrogens (tertiary/aromatic N) is 3. The van der Waals surface area contributed by atoms with Gasteiger partial charge in [0.25, 0.3) is 6.43 Å². The summed E-state index contributed by atoms with van der Waals surface area (Å²) in [6, 6.07) is 12.2. The number of halogens is 3. The minimum Gasteiger partial charge on any atom is -0.378 e. The molecule has 0 amide bonds. The highest BCUT2D eigenvalue weighted by atomic mass is 19.3. The van der Waals surface area contributed by atoms with Gasteiger partial charge in [0.05, 0.1) is 17.1 Å². The Labute approximate surface area is 180 Å². The summed E-state index contributed by atoms with van der Waals surface area (Å²) in [6.07, 6.45) is -0.0381. The summed E-state index contributed by atoms with van der Waals surface area (Å²) in [4.78, 5) is 9.05. The molecule has 1 saturated heterocycles. The fourth-order valence-electron chi connectivity index (χ4n) is 4.24. The first-order valence-corrected chi connectivity index (χ1v) is 10.5. The van der Waals surface area contributed by atoms with Crippen molar-refractivity contribution < 1.29 is 13.2 Å². The van der Waals surface area contributed by atoms with Crippen LogP contribution in [0.25, 0.3) is 10.9 Å². The van der Waals surface area contributed by atoms with E-state index in [0.29, 0.717) is 6.04 Å². The van der Waals surface area contributed by atoms with Gasteiger partial charge in [-0.3, -0.25) is 4.98 Å². The smallest absolute Gasteiger partial charge is 0.266 e. The Morgan fingerprint density at radius 1 is 1.13 bits per heavy atom. The van der Waals surface area contributed by atoms with Gasteiger partial charge in [-0.2, -0.15) is 0 Å². The van der Waals surface area contributed by atoms with Crippen molar-refractivity contribution in [3.8, 4) is 0 Å². The van der Waals surface area contributed by atoms with Gasteiger partial charge in [-0.25, -0.2) is 13.2 Å². The number of benzene rings is 2. The van der Waals surface area contributed by atoms with Gasteiger partial charge in [-0.15, -0.1) is 0 Å². The molecule has 2 aromatic carbocycles. The van der Waals surface area contributed by atoms with Gasteiger partial charge < -0.3 is 15.1 Å². The van der Waals surface area contributed by atoms with Crippen LogP contribution in [-0.4, -0.2) is 43.1 Å². The lowest BCUT2D eigenvalue weighted by Gasteiger charge is -2.23. The largest absolute Gasteiger partial charge is 0.378 e. The standard InChI is InChI=1S/C24H27F3N4/c1-15(18-5-4-6-19(23(18)25)24(26)27)29-22-9-11-28-21-8-7-16(13-20(21)22)31-12-10-17(14-31)30(2)3/h4-9,11,13,15,17,24H,10,12,14H2,1-3H3,(H,28,29)/t15-,17-/m1/s1. The predicted octanol–water partition coefficient (Wildman–Crippen LogP) is 5.62. The number of pyridine rings is 1. The molecule has 1 fully saturated rings. The molecule has 0 spiro atoms. The summed E-state index contributed by atoms with van der Waals surface area (Å²) in [5, 5.41) is 4.22. The second-order valence-corrected chi connectivity index (χ2v) is 8.33. The second-order valence-electron chi connectivity index (χ2n) is 8.33. The molecule has 2 atom stereocenters. The zero-order valence-electron chi connectivity index (χ0n) is 17.9. The van der Waals surface area contributed by atoms with Crippen LogP contribution in [-0.2, 0) is 0 Å². The minimum atomic E-state index is -2.84. The Kier molecular flexibility index (Phi) is 6.05. The molecule has 0 unspecified atom stereocenters. The van der Waals surface area contributed by atoms with E-state index in [1.54, 1.807) is 19.2 Å².